The molecular weight excluding hydrogens is 183 g/mol. The predicted molar refractivity (Wildman–Crippen MR) is 42.4 cm³/mol. The average molecular weight is 197 g/mol. The van der Waals surface area contributed by atoms with Crippen LogP contribution in [0.4, 0.5) is 13.2 Å². The predicted octanol–water partition coefficient (Wildman–Crippen LogP) is 1.40. The summed E-state index contributed by atoms with van der Waals surface area (Å²) in [4.78, 5) is 1.62. The quantitative estimate of drug-likeness (QED) is 0.739. The van der Waals surface area contributed by atoms with Crippen LogP contribution < -0.4 is 0 Å². The third-order valence-corrected chi connectivity index (χ3v) is 2.55. The molecule has 0 amide bonds. The van der Waals surface area contributed by atoms with Crippen molar-refractivity contribution in [2.24, 2.45) is 0 Å². The molecule has 0 saturated carbocycles. The van der Waals surface area contributed by atoms with E-state index in [1.54, 1.807) is 4.90 Å². The van der Waals surface area contributed by atoms with Crippen molar-refractivity contribution in [1.82, 2.24) is 4.90 Å². The molecule has 1 N–H and O–H groups in total. The van der Waals surface area contributed by atoms with Gasteiger partial charge in [0.05, 0.1) is 0 Å². The average Bonchev–Trinajstić information content (AvgIpc) is 1.94. The molecule has 1 aliphatic heterocycles. The molecule has 1 atom stereocenters. The number of nitrogens with zero attached hydrogens (tertiary/aromatic N) is 1. The Hall–Kier alpha value is -0.290. The van der Waals surface area contributed by atoms with Gasteiger partial charge in [-0.3, -0.25) is 0 Å². The number of rotatable bonds is 3. The second-order valence-corrected chi connectivity index (χ2v) is 3.51. The van der Waals surface area contributed by atoms with Gasteiger partial charge in [0.15, 0.2) is 5.60 Å². The van der Waals surface area contributed by atoms with Crippen molar-refractivity contribution < 1.29 is 18.3 Å². The molecular formula is C8H14F3NO. The summed E-state index contributed by atoms with van der Waals surface area (Å²) >= 11 is 0. The summed E-state index contributed by atoms with van der Waals surface area (Å²) in [6, 6.07) is 0. The summed E-state index contributed by atoms with van der Waals surface area (Å²) in [6.07, 6.45) is -3.87. The summed E-state index contributed by atoms with van der Waals surface area (Å²) in [5.41, 5.74) is -2.52. The molecule has 0 spiro atoms. The highest BCUT2D eigenvalue weighted by molar-refractivity contribution is 4.90. The number of β-amino-alcohol motifs (C(OH)–C–C–N with tert-alkyl or cyclic N) is 1. The van der Waals surface area contributed by atoms with Crippen molar-refractivity contribution in [3.05, 3.63) is 0 Å². The number of hydrogen-bond acceptors (Lipinski definition) is 2. The van der Waals surface area contributed by atoms with Gasteiger partial charge in [-0.1, -0.05) is 6.92 Å². The summed E-state index contributed by atoms with van der Waals surface area (Å²) < 4.78 is 37.0. The van der Waals surface area contributed by atoms with Crippen molar-refractivity contribution >= 4 is 0 Å². The third-order valence-electron chi connectivity index (χ3n) is 2.55. The fraction of sp³-hybridized carbons (Fsp3) is 1.00. The van der Waals surface area contributed by atoms with Gasteiger partial charge < -0.3 is 10.0 Å². The minimum absolute atomic E-state index is 0.285. The van der Waals surface area contributed by atoms with Crippen LogP contribution in [0, 0.1) is 0 Å². The second kappa shape index (κ2) is 3.46. The second-order valence-electron chi connectivity index (χ2n) is 3.51. The Morgan fingerprint density at radius 3 is 2.08 bits per heavy atom. The normalized spacial score (nSPS) is 23.8. The minimum Gasteiger partial charge on any atom is -0.379 e. The van der Waals surface area contributed by atoms with Crippen LogP contribution in [-0.2, 0) is 0 Å². The Balaban J connectivity index is 2.57. The van der Waals surface area contributed by atoms with Gasteiger partial charge in [0.25, 0.3) is 0 Å². The lowest BCUT2D eigenvalue weighted by Crippen LogP contribution is -2.56. The Morgan fingerprint density at radius 1 is 1.31 bits per heavy atom. The van der Waals surface area contributed by atoms with Gasteiger partial charge in [0, 0.05) is 6.54 Å². The molecule has 13 heavy (non-hydrogen) atoms. The van der Waals surface area contributed by atoms with Gasteiger partial charge in [-0.25, -0.2) is 0 Å². The zero-order valence-electron chi connectivity index (χ0n) is 7.56. The molecule has 1 heterocycles. The molecule has 0 radical (unpaired) electrons. The first-order chi connectivity index (χ1) is 5.89. The van der Waals surface area contributed by atoms with E-state index in [1.807, 2.05) is 0 Å². The monoisotopic (exact) mass is 197 g/mol. The summed E-state index contributed by atoms with van der Waals surface area (Å²) in [5.74, 6) is 0. The highest BCUT2D eigenvalue weighted by Crippen LogP contribution is 2.34. The molecule has 1 saturated heterocycles. The molecule has 0 aromatic rings. The lowest BCUT2D eigenvalue weighted by molar-refractivity contribution is -0.268. The fourth-order valence-electron chi connectivity index (χ4n) is 1.31. The van der Waals surface area contributed by atoms with E-state index in [0.29, 0.717) is 13.1 Å². The van der Waals surface area contributed by atoms with Gasteiger partial charge in [-0.15, -0.1) is 0 Å². The number of halogens is 3. The van der Waals surface area contributed by atoms with Crippen LogP contribution in [0.3, 0.4) is 0 Å². The topological polar surface area (TPSA) is 23.5 Å². The smallest absolute Gasteiger partial charge is 0.379 e. The van der Waals surface area contributed by atoms with Crippen LogP contribution in [0.2, 0.25) is 0 Å². The zero-order valence-corrected chi connectivity index (χ0v) is 7.56. The van der Waals surface area contributed by atoms with E-state index in [2.05, 4.69) is 0 Å². The molecule has 1 fully saturated rings. The van der Waals surface area contributed by atoms with Gasteiger partial charge in [0.2, 0.25) is 0 Å². The van der Waals surface area contributed by atoms with E-state index in [1.165, 1.54) is 6.92 Å². The van der Waals surface area contributed by atoms with E-state index in [4.69, 9.17) is 0 Å². The first-order valence-electron chi connectivity index (χ1n) is 4.40. The molecule has 2 nitrogen and oxygen atoms in total. The molecule has 1 aliphatic rings. The van der Waals surface area contributed by atoms with Crippen molar-refractivity contribution in [1.29, 1.82) is 0 Å². The highest BCUT2D eigenvalue weighted by atomic mass is 19.4. The summed E-state index contributed by atoms with van der Waals surface area (Å²) in [6.45, 7) is 2.40. The molecule has 1 rings (SSSR count). The van der Waals surface area contributed by atoms with Crippen LogP contribution in [-0.4, -0.2) is 41.4 Å². The van der Waals surface area contributed by atoms with Crippen LogP contribution >= 0.6 is 0 Å². The van der Waals surface area contributed by atoms with E-state index < -0.39 is 11.8 Å². The molecule has 0 aromatic heterocycles. The Kier molecular flexibility index (Phi) is 2.87. The van der Waals surface area contributed by atoms with E-state index in [-0.39, 0.29) is 13.0 Å². The van der Waals surface area contributed by atoms with Crippen LogP contribution in [0.1, 0.15) is 19.8 Å². The van der Waals surface area contributed by atoms with Gasteiger partial charge >= 0.3 is 6.18 Å². The van der Waals surface area contributed by atoms with Crippen molar-refractivity contribution in [3.8, 4) is 0 Å². The first-order valence-corrected chi connectivity index (χ1v) is 4.40. The number of alkyl halides is 3. The molecule has 78 valence electrons. The Bertz CT molecular complexity index is 179. The summed E-state index contributed by atoms with van der Waals surface area (Å²) in [5, 5.41) is 9.33. The van der Waals surface area contributed by atoms with Gasteiger partial charge in [-0.2, -0.15) is 13.2 Å². The molecule has 5 heteroatoms. The SMILES string of the molecule is CCC(O)(CN1CCC1)C(F)(F)F. The molecule has 0 aliphatic carbocycles. The van der Waals surface area contributed by atoms with E-state index >= 15 is 0 Å². The van der Waals surface area contributed by atoms with Gasteiger partial charge in [0.1, 0.15) is 0 Å². The number of likely N-dealkylation sites (tertiary alicyclic amines) is 1. The lowest BCUT2D eigenvalue weighted by Gasteiger charge is -2.39. The van der Waals surface area contributed by atoms with Crippen molar-refractivity contribution in [2.45, 2.75) is 31.5 Å². The fourth-order valence-corrected chi connectivity index (χ4v) is 1.31. The molecule has 1 unspecified atom stereocenters. The maximum atomic E-state index is 12.3. The zero-order chi connectivity index (χ0) is 10.1. The number of aliphatic hydroxyl groups is 1. The minimum atomic E-state index is -4.52. The molecule has 0 aromatic carbocycles. The maximum absolute atomic E-state index is 12.3. The third kappa shape index (κ3) is 2.14. The lowest BCUT2D eigenvalue weighted by atomic mass is 9.98. The highest BCUT2D eigenvalue weighted by Gasteiger charge is 2.53. The largest absolute Gasteiger partial charge is 0.418 e. The van der Waals surface area contributed by atoms with E-state index in [0.717, 1.165) is 6.42 Å². The van der Waals surface area contributed by atoms with Crippen molar-refractivity contribution in [2.75, 3.05) is 19.6 Å². The standard InChI is InChI=1S/C8H14F3NO/c1-2-7(13,8(9,10)11)6-12-4-3-5-12/h13H,2-6H2,1H3. The van der Waals surface area contributed by atoms with Gasteiger partial charge in [-0.05, 0) is 25.9 Å². The van der Waals surface area contributed by atoms with E-state index in [9.17, 15) is 18.3 Å². The van der Waals surface area contributed by atoms with Crippen LogP contribution in [0.5, 0.6) is 0 Å². The van der Waals surface area contributed by atoms with Crippen molar-refractivity contribution in [3.63, 3.8) is 0 Å². The number of hydrogen-bond donors (Lipinski definition) is 1. The summed E-state index contributed by atoms with van der Waals surface area (Å²) in [7, 11) is 0. The Labute approximate surface area is 75.3 Å². The van der Waals surface area contributed by atoms with Crippen LogP contribution in [0.15, 0.2) is 0 Å². The maximum Gasteiger partial charge on any atom is 0.418 e. The Morgan fingerprint density at radius 2 is 1.85 bits per heavy atom. The molecule has 0 bridgehead atoms. The van der Waals surface area contributed by atoms with Crippen LogP contribution in [0.25, 0.3) is 0 Å². The first kappa shape index (κ1) is 10.8.